The highest BCUT2D eigenvalue weighted by Gasteiger charge is 2.40. The molecule has 0 aliphatic heterocycles. The molecule has 2 N–H and O–H groups in total. The number of halogens is 4. The van der Waals surface area contributed by atoms with Crippen LogP contribution in [0.3, 0.4) is 0 Å². The largest absolute Gasteiger partial charge is 0.364 e. The predicted molar refractivity (Wildman–Crippen MR) is 65.0 cm³/mol. The molecule has 0 amide bonds. The molecule has 0 unspecified atom stereocenters. The second kappa shape index (κ2) is 6.53. The van der Waals surface area contributed by atoms with Gasteiger partial charge in [-0.05, 0) is 13.3 Å². The van der Waals surface area contributed by atoms with Gasteiger partial charge in [-0.1, -0.05) is 6.92 Å². The molecule has 0 spiro atoms. The van der Waals surface area contributed by atoms with Gasteiger partial charge in [-0.25, -0.2) is 13.8 Å². The Morgan fingerprint density at radius 2 is 1.95 bits per heavy atom. The van der Waals surface area contributed by atoms with Crippen molar-refractivity contribution in [3.63, 3.8) is 0 Å². The van der Waals surface area contributed by atoms with Gasteiger partial charge in [0.25, 0.3) is 0 Å². The number of nitrogens with zero attached hydrogens (tertiary/aromatic N) is 2. The Morgan fingerprint density at radius 3 is 2.53 bits per heavy atom. The molecule has 19 heavy (non-hydrogen) atoms. The van der Waals surface area contributed by atoms with E-state index in [1.54, 1.807) is 6.92 Å². The zero-order valence-corrected chi connectivity index (χ0v) is 10.7. The van der Waals surface area contributed by atoms with Crippen molar-refractivity contribution in [2.24, 2.45) is 0 Å². The second-order valence-electron chi connectivity index (χ2n) is 4.06. The van der Waals surface area contributed by atoms with E-state index in [1.165, 1.54) is 6.07 Å². The van der Waals surface area contributed by atoms with E-state index >= 15 is 0 Å². The van der Waals surface area contributed by atoms with E-state index in [4.69, 9.17) is 0 Å². The van der Waals surface area contributed by atoms with E-state index in [-0.39, 0.29) is 11.8 Å². The number of rotatable bonds is 7. The Bertz CT molecular complexity index is 412. The standard InChI is InChI=1S/C11H16F4N4/c1-3-4-16-10-18-7(2)5-8(19-10)17-6-11(14,15)9(12)13/h5,9H,3-4,6H2,1-2H3,(H2,16,17,18,19). The van der Waals surface area contributed by atoms with E-state index in [0.29, 0.717) is 12.2 Å². The first kappa shape index (κ1) is 15.5. The minimum atomic E-state index is -4.09. The van der Waals surface area contributed by atoms with Crippen LogP contribution in [0.4, 0.5) is 29.3 Å². The first-order chi connectivity index (χ1) is 8.85. The Morgan fingerprint density at radius 1 is 1.26 bits per heavy atom. The van der Waals surface area contributed by atoms with Crippen molar-refractivity contribution in [2.45, 2.75) is 32.6 Å². The van der Waals surface area contributed by atoms with Crippen molar-refractivity contribution >= 4 is 11.8 Å². The zero-order valence-electron chi connectivity index (χ0n) is 10.7. The molecule has 0 radical (unpaired) electrons. The second-order valence-corrected chi connectivity index (χ2v) is 4.06. The number of aromatic nitrogens is 2. The number of nitrogens with one attached hydrogen (secondary N) is 2. The lowest BCUT2D eigenvalue weighted by atomic mass is 10.3. The molecule has 8 heteroatoms. The lowest BCUT2D eigenvalue weighted by molar-refractivity contribution is -0.117. The third-order valence-electron chi connectivity index (χ3n) is 2.21. The van der Waals surface area contributed by atoms with Crippen LogP contribution in [0.2, 0.25) is 0 Å². The average Bonchev–Trinajstić information content (AvgIpc) is 2.33. The summed E-state index contributed by atoms with van der Waals surface area (Å²) in [6.07, 6.45) is -2.86. The van der Waals surface area contributed by atoms with Crippen LogP contribution in [0.15, 0.2) is 6.07 Å². The van der Waals surface area contributed by atoms with E-state index < -0.39 is 18.9 Å². The zero-order chi connectivity index (χ0) is 14.5. The van der Waals surface area contributed by atoms with Crippen LogP contribution in [0, 0.1) is 6.92 Å². The highest BCUT2D eigenvalue weighted by atomic mass is 19.3. The molecule has 0 fully saturated rings. The van der Waals surface area contributed by atoms with Crippen molar-refractivity contribution in [1.29, 1.82) is 0 Å². The lowest BCUT2D eigenvalue weighted by Gasteiger charge is -2.16. The van der Waals surface area contributed by atoms with Gasteiger partial charge in [-0.3, -0.25) is 0 Å². The van der Waals surface area contributed by atoms with Crippen LogP contribution in [-0.2, 0) is 0 Å². The molecular weight excluding hydrogens is 264 g/mol. The van der Waals surface area contributed by atoms with Gasteiger partial charge >= 0.3 is 12.3 Å². The Kier molecular flexibility index (Phi) is 5.31. The first-order valence-corrected chi connectivity index (χ1v) is 5.84. The molecule has 0 aromatic carbocycles. The van der Waals surface area contributed by atoms with Crippen LogP contribution in [0.25, 0.3) is 0 Å². The number of aryl methyl sites for hydroxylation is 1. The number of hydrogen-bond donors (Lipinski definition) is 2. The van der Waals surface area contributed by atoms with Gasteiger partial charge in [0.1, 0.15) is 5.82 Å². The van der Waals surface area contributed by atoms with Gasteiger partial charge in [0.05, 0.1) is 6.54 Å². The molecule has 1 aromatic heterocycles. The molecular formula is C11H16F4N4. The molecule has 0 aliphatic carbocycles. The molecule has 0 bridgehead atoms. The van der Waals surface area contributed by atoms with Gasteiger partial charge < -0.3 is 10.6 Å². The summed E-state index contributed by atoms with van der Waals surface area (Å²) >= 11 is 0. The summed E-state index contributed by atoms with van der Waals surface area (Å²) in [7, 11) is 0. The van der Waals surface area contributed by atoms with E-state index in [1.807, 2.05) is 6.92 Å². The fourth-order valence-electron chi connectivity index (χ4n) is 1.26. The predicted octanol–water partition coefficient (Wildman–Crippen LogP) is 2.92. The third-order valence-corrected chi connectivity index (χ3v) is 2.21. The van der Waals surface area contributed by atoms with Crippen molar-refractivity contribution in [1.82, 2.24) is 9.97 Å². The van der Waals surface area contributed by atoms with Crippen molar-refractivity contribution in [3.8, 4) is 0 Å². The highest BCUT2D eigenvalue weighted by molar-refractivity contribution is 5.42. The summed E-state index contributed by atoms with van der Waals surface area (Å²) in [5.74, 6) is -3.72. The summed E-state index contributed by atoms with van der Waals surface area (Å²) in [6.45, 7) is 3.07. The van der Waals surface area contributed by atoms with Crippen molar-refractivity contribution in [3.05, 3.63) is 11.8 Å². The molecule has 0 saturated heterocycles. The summed E-state index contributed by atoms with van der Waals surface area (Å²) in [5.41, 5.74) is 0.552. The molecule has 0 atom stereocenters. The molecule has 4 nitrogen and oxygen atoms in total. The summed E-state index contributed by atoms with van der Waals surface area (Å²) in [6, 6.07) is 1.42. The fraction of sp³-hybridized carbons (Fsp3) is 0.636. The van der Waals surface area contributed by atoms with Gasteiger partial charge in [-0.2, -0.15) is 13.8 Å². The van der Waals surface area contributed by atoms with Crippen molar-refractivity contribution in [2.75, 3.05) is 23.7 Å². The quantitative estimate of drug-likeness (QED) is 0.754. The van der Waals surface area contributed by atoms with E-state index in [9.17, 15) is 17.6 Å². The maximum absolute atomic E-state index is 12.8. The molecule has 108 valence electrons. The smallest absolute Gasteiger partial charge is 0.324 e. The van der Waals surface area contributed by atoms with Gasteiger partial charge in [-0.15, -0.1) is 0 Å². The SMILES string of the molecule is CCCNc1nc(C)cc(NCC(F)(F)C(F)F)n1. The Labute approximate surface area is 108 Å². The van der Waals surface area contributed by atoms with E-state index in [2.05, 4.69) is 20.6 Å². The normalized spacial score (nSPS) is 11.7. The average molecular weight is 280 g/mol. The first-order valence-electron chi connectivity index (χ1n) is 5.84. The molecule has 1 aromatic rings. The monoisotopic (exact) mass is 280 g/mol. The minimum absolute atomic E-state index is 0.0893. The van der Waals surface area contributed by atoms with E-state index in [0.717, 1.165) is 6.42 Å². The number of anilines is 2. The van der Waals surface area contributed by atoms with Crippen LogP contribution in [-0.4, -0.2) is 35.4 Å². The van der Waals surface area contributed by atoms with Crippen LogP contribution >= 0.6 is 0 Å². The van der Waals surface area contributed by atoms with Crippen LogP contribution in [0.5, 0.6) is 0 Å². The fourth-order valence-corrected chi connectivity index (χ4v) is 1.26. The van der Waals surface area contributed by atoms with Crippen molar-refractivity contribution < 1.29 is 17.6 Å². The molecule has 0 saturated carbocycles. The van der Waals surface area contributed by atoms with Gasteiger partial charge in [0.2, 0.25) is 5.95 Å². The highest BCUT2D eigenvalue weighted by Crippen LogP contribution is 2.23. The maximum Gasteiger partial charge on any atom is 0.324 e. The Hall–Kier alpha value is -1.60. The summed E-state index contributed by atoms with van der Waals surface area (Å²) < 4.78 is 49.5. The molecule has 1 rings (SSSR count). The minimum Gasteiger partial charge on any atom is -0.364 e. The topological polar surface area (TPSA) is 49.8 Å². The molecule has 0 aliphatic rings. The lowest BCUT2D eigenvalue weighted by Crippen LogP contribution is -2.35. The van der Waals surface area contributed by atoms with Crippen LogP contribution < -0.4 is 10.6 Å². The summed E-state index contributed by atoms with van der Waals surface area (Å²) in [5, 5.41) is 5.10. The third kappa shape index (κ3) is 4.88. The Balaban J connectivity index is 2.70. The maximum atomic E-state index is 12.8. The number of alkyl halides is 4. The number of hydrogen-bond acceptors (Lipinski definition) is 4. The van der Waals surface area contributed by atoms with Gasteiger partial charge in [0.15, 0.2) is 0 Å². The van der Waals surface area contributed by atoms with Crippen LogP contribution in [0.1, 0.15) is 19.0 Å². The van der Waals surface area contributed by atoms with Gasteiger partial charge in [0, 0.05) is 18.3 Å². The summed E-state index contributed by atoms with van der Waals surface area (Å²) in [4.78, 5) is 7.97. The molecule has 1 heterocycles.